The van der Waals surface area contributed by atoms with Crippen molar-refractivity contribution in [1.82, 2.24) is 4.98 Å². The average molecular weight is 425 g/mol. The number of anilines is 1. The Morgan fingerprint density at radius 3 is 2.43 bits per heavy atom. The summed E-state index contributed by atoms with van der Waals surface area (Å²) >= 11 is 11.8. The molecule has 0 saturated heterocycles. The molecule has 1 N–H and O–H groups in total. The molecule has 0 amide bonds. The van der Waals surface area contributed by atoms with Crippen molar-refractivity contribution < 1.29 is 19.1 Å². The zero-order chi connectivity index (χ0) is 20.7. The molecule has 6 nitrogen and oxygen atoms in total. The van der Waals surface area contributed by atoms with Gasteiger partial charge in [0, 0.05) is 11.9 Å². The molecule has 0 saturated carbocycles. The van der Waals surface area contributed by atoms with E-state index in [1.807, 2.05) is 0 Å². The summed E-state index contributed by atoms with van der Waals surface area (Å²) in [5.41, 5.74) is 0.737. The van der Waals surface area contributed by atoms with E-state index >= 15 is 0 Å². The Hall–Kier alpha value is -2.31. The molecule has 1 heterocycles. The Morgan fingerprint density at radius 2 is 1.86 bits per heavy atom. The average Bonchev–Trinajstić information content (AvgIpc) is 2.64. The lowest BCUT2D eigenvalue weighted by molar-refractivity contribution is -0.144. The number of aromatic nitrogens is 1. The van der Waals surface area contributed by atoms with Gasteiger partial charge in [-0.2, -0.15) is 0 Å². The largest absolute Gasteiger partial charge is 0.463 e. The number of hydrogen-bond acceptors (Lipinski definition) is 6. The zero-order valence-electron chi connectivity index (χ0n) is 15.9. The lowest BCUT2D eigenvalue weighted by Gasteiger charge is -2.20. The fraction of sp³-hybridized carbons (Fsp3) is 0.350. The summed E-state index contributed by atoms with van der Waals surface area (Å²) in [4.78, 5) is 28.8. The van der Waals surface area contributed by atoms with Gasteiger partial charge < -0.3 is 14.8 Å². The quantitative estimate of drug-likeness (QED) is 0.515. The summed E-state index contributed by atoms with van der Waals surface area (Å²) in [5, 5.41) is 3.37. The van der Waals surface area contributed by atoms with Crippen molar-refractivity contribution in [3.05, 3.63) is 58.9 Å². The third kappa shape index (κ3) is 6.39. The van der Waals surface area contributed by atoms with E-state index in [1.165, 1.54) is 6.20 Å². The van der Waals surface area contributed by atoms with Crippen LogP contribution < -0.4 is 5.32 Å². The lowest BCUT2D eigenvalue weighted by atomic mass is 10.1. The van der Waals surface area contributed by atoms with E-state index in [-0.39, 0.29) is 12.5 Å². The molecule has 0 spiro atoms. The molecule has 0 aliphatic heterocycles. The number of hydrogen-bond donors (Lipinski definition) is 1. The van der Waals surface area contributed by atoms with Crippen molar-refractivity contribution in [1.29, 1.82) is 0 Å². The first kappa shape index (κ1) is 22.0. The van der Waals surface area contributed by atoms with E-state index in [9.17, 15) is 9.59 Å². The molecule has 1 aromatic heterocycles. The second-order valence-corrected chi connectivity index (χ2v) is 7.67. The van der Waals surface area contributed by atoms with E-state index < -0.39 is 23.6 Å². The Kier molecular flexibility index (Phi) is 7.66. The van der Waals surface area contributed by atoms with Crippen LogP contribution in [0.3, 0.4) is 0 Å². The minimum atomic E-state index is -0.927. The van der Waals surface area contributed by atoms with E-state index in [2.05, 4.69) is 10.3 Å². The molecule has 0 aliphatic carbocycles. The summed E-state index contributed by atoms with van der Waals surface area (Å²) < 4.78 is 10.5. The van der Waals surface area contributed by atoms with Gasteiger partial charge >= 0.3 is 11.9 Å². The minimum absolute atomic E-state index is 0.0700. The highest BCUT2D eigenvalue weighted by Crippen LogP contribution is 2.26. The van der Waals surface area contributed by atoms with Crippen molar-refractivity contribution in [2.24, 2.45) is 0 Å². The van der Waals surface area contributed by atoms with Gasteiger partial charge in [-0.05, 0) is 57.2 Å². The van der Waals surface area contributed by atoms with Gasteiger partial charge in [-0.1, -0.05) is 11.6 Å². The van der Waals surface area contributed by atoms with Gasteiger partial charge in [0.25, 0.3) is 0 Å². The monoisotopic (exact) mass is 424 g/mol. The molecule has 0 bridgehead atoms. The first-order chi connectivity index (χ1) is 13.2. The minimum Gasteiger partial charge on any atom is -0.463 e. The first-order valence-electron chi connectivity index (χ1n) is 8.64. The number of carbonyl (C=O) groups is 2. The van der Waals surface area contributed by atoms with Crippen LogP contribution in [0.2, 0.25) is 5.02 Å². The van der Waals surface area contributed by atoms with E-state index in [4.69, 9.17) is 32.7 Å². The summed E-state index contributed by atoms with van der Waals surface area (Å²) in [6.07, 6.45) is 1.54. The van der Waals surface area contributed by atoms with E-state index in [0.717, 1.165) is 0 Å². The highest BCUT2D eigenvalue weighted by Gasteiger charge is 2.26. The molecular formula is C20H22Cl2N2O4. The van der Waals surface area contributed by atoms with Gasteiger partial charge in [0.2, 0.25) is 0 Å². The van der Waals surface area contributed by atoms with Crippen molar-refractivity contribution >= 4 is 40.8 Å². The molecule has 28 heavy (non-hydrogen) atoms. The Morgan fingerprint density at radius 1 is 1.18 bits per heavy atom. The maximum Gasteiger partial charge on any atom is 0.338 e. The van der Waals surface area contributed by atoms with Crippen molar-refractivity contribution in [3.63, 3.8) is 0 Å². The van der Waals surface area contributed by atoms with Gasteiger partial charge in [-0.3, -0.25) is 4.98 Å². The van der Waals surface area contributed by atoms with Crippen LogP contribution in [-0.2, 0) is 14.3 Å². The number of esters is 2. The highest BCUT2D eigenvalue weighted by molar-refractivity contribution is 6.31. The van der Waals surface area contributed by atoms with Crippen molar-refractivity contribution in [3.8, 4) is 0 Å². The summed E-state index contributed by atoms with van der Waals surface area (Å²) in [7, 11) is 0. The lowest BCUT2D eigenvalue weighted by Crippen LogP contribution is -2.25. The number of rotatable bonds is 7. The van der Waals surface area contributed by atoms with E-state index in [0.29, 0.717) is 22.0 Å². The van der Waals surface area contributed by atoms with Crippen LogP contribution in [0.1, 0.15) is 42.9 Å². The second kappa shape index (κ2) is 9.75. The van der Waals surface area contributed by atoms with Gasteiger partial charge in [-0.15, -0.1) is 11.6 Å². The highest BCUT2D eigenvalue weighted by atomic mass is 35.5. The zero-order valence-corrected chi connectivity index (χ0v) is 17.4. The topological polar surface area (TPSA) is 77.5 Å². The Labute approximate surface area is 174 Å². The van der Waals surface area contributed by atoms with Gasteiger partial charge in [0.15, 0.2) is 6.04 Å². The molecule has 1 unspecified atom stereocenters. The van der Waals surface area contributed by atoms with Gasteiger partial charge in [-0.25, -0.2) is 9.59 Å². The van der Waals surface area contributed by atoms with Crippen LogP contribution in [0, 0.1) is 0 Å². The molecule has 0 aliphatic rings. The maximum absolute atomic E-state index is 12.5. The number of benzene rings is 1. The fourth-order valence-electron chi connectivity index (χ4n) is 2.28. The third-order valence-corrected chi connectivity index (χ3v) is 3.92. The van der Waals surface area contributed by atoms with Crippen LogP contribution in [0.25, 0.3) is 0 Å². The van der Waals surface area contributed by atoms with Crippen LogP contribution in [-0.4, -0.2) is 35.0 Å². The first-order valence-corrected chi connectivity index (χ1v) is 9.55. The predicted octanol–water partition coefficient (Wildman–Crippen LogP) is 4.63. The Balaban J connectivity index is 2.21. The third-order valence-electron chi connectivity index (χ3n) is 3.45. The Bertz CT molecular complexity index is 820. The molecular weight excluding hydrogens is 403 g/mol. The molecule has 1 aromatic carbocycles. The molecule has 0 radical (unpaired) electrons. The summed E-state index contributed by atoms with van der Waals surface area (Å²) in [6, 6.07) is 8.93. The fourth-order valence-corrected chi connectivity index (χ4v) is 2.59. The van der Waals surface area contributed by atoms with Crippen molar-refractivity contribution in [2.45, 2.75) is 32.4 Å². The number of pyridine rings is 1. The number of ether oxygens (including phenoxy) is 2. The van der Waals surface area contributed by atoms with E-state index in [1.54, 1.807) is 57.2 Å². The normalized spacial score (nSPS) is 12.2. The molecule has 2 rings (SSSR count). The summed E-state index contributed by atoms with van der Waals surface area (Å²) in [6.45, 7) is 5.47. The summed E-state index contributed by atoms with van der Waals surface area (Å²) in [5.74, 6) is -0.804. The number of nitrogens with one attached hydrogen (secondary N) is 1. The van der Waals surface area contributed by atoms with Crippen LogP contribution in [0.4, 0.5) is 5.69 Å². The van der Waals surface area contributed by atoms with Crippen LogP contribution in [0.15, 0.2) is 42.6 Å². The van der Waals surface area contributed by atoms with Crippen molar-refractivity contribution in [2.75, 3.05) is 17.8 Å². The number of alkyl halides is 1. The molecule has 2 aromatic rings. The predicted molar refractivity (Wildman–Crippen MR) is 109 cm³/mol. The number of nitrogens with zero attached hydrogens (tertiary/aromatic N) is 1. The maximum atomic E-state index is 12.5. The second-order valence-electron chi connectivity index (χ2n) is 6.88. The molecule has 1 atom stereocenters. The van der Waals surface area contributed by atoms with Crippen LogP contribution >= 0.6 is 23.2 Å². The molecule has 150 valence electrons. The smallest absolute Gasteiger partial charge is 0.338 e. The number of halogens is 2. The number of carbonyl (C=O) groups excluding carboxylic acids is 2. The van der Waals surface area contributed by atoms with Gasteiger partial charge in [0.05, 0.1) is 22.2 Å². The molecule has 8 heteroatoms. The SMILES string of the molecule is CC(C)(C)OC(=O)c1ccc(NC(C(=O)OCCCl)c2ncccc2Cl)cc1. The standard InChI is InChI=1S/C20H22Cl2N2O4/c1-20(2,3)28-18(25)13-6-8-14(9-7-13)24-17(19(26)27-12-10-21)16-15(22)5-4-11-23-16/h4-9,11,17,24H,10,12H2,1-3H3. The molecule has 0 fully saturated rings. The van der Waals surface area contributed by atoms with Gasteiger partial charge in [0.1, 0.15) is 12.2 Å². The van der Waals surface area contributed by atoms with Crippen LogP contribution in [0.5, 0.6) is 0 Å².